The van der Waals surface area contributed by atoms with Crippen LogP contribution >= 0.6 is 0 Å². The van der Waals surface area contributed by atoms with Gasteiger partial charge in [-0.2, -0.15) is 0 Å². The van der Waals surface area contributed by atoms with Crippen LogP contribution in [-0.4, -0.2) is 76.3 Å². The molecular formula is C23H22N2O8S. The minimum absolute atomic E-state index is 0.0506. The summed E-state index contributed by atoms with van der Waals surface area (Å²) >= 11 is 0. The Kier molecular flexibility index (Phi) is 5.42. The molecule has 1 atom stereocenters. The Morgan fingerprint density at radius 2 is 1.79 bits per heavy atom. The Bertz CT molecular complexity index is 1300. The van der Waals surface area contributed by atoms with E-state index in [1.54, 1.807) is 18.2 Å². The number of amides is 2. The number of ether oxygens (including phenoxy) is 3. The number of methoxy groups -OCH3 is 1. The van der Waals surface area contributed by atoms with E-state index in [4.69, 9.17) is 14.2 Å². The van der Waals surface area contributed by atoms with Gasteiger partial charge >= 0.3 is 5.97 Å². The van der Waals surface area contributed by atoms with E-state index < -0.39 is 39.4 Å². The van der Waals surface area contributed by atoms with Crippen LogP contribution in [0.5, 0.6) is 0 Å². The van der Waals surface area contributed by atoms with Crippen LogP contribution < -0.4 is 5.32 Å². The van der Waals surface area contributed by atoms with Gasteiger partial charge in [-0.25, -0.2) is 13.2 Å². The number of benzene rings is 2. The summed E-state index contributed by atoms with van der Waals surface area (Å²) in [6, 6.07) is 10.0. The molecule has 34 heavy (non-hydrogen) atoms. The van der Waals surface area contributed by atoms with Gasteiger partial charge < -0.3 is 24.4 Å². The number of sulfone groups is 1. The molecule has 3 heterocycles. The van der Waals surface area contributed by atoms with E-state index in [2.05, 4.69) is 5.32 Å². The van der Waals surface area contributed by atoms with E-state index in [1.165, 1.54) is 36.3 Å². The number of esters is 1. The second-order valence-electron chi connectivity index (χ2n) is 8.27. The summed E-state index contributed by atoms with van der Waals surface area (Å²) in [5.41, 5.74) is 1.18. The highest BCUT2D eigenvalue weighted by atomic mass is 32.2. The van der Waals surface area contributed by atoms with Crippen LogP contribution in [0, 0.1) is 0 Å². The zero-order valence-corrected chi connectivity index (χ0v) is 19.1. The average Bonchev–Trinajstić information content (AvgIpc) is 3.53. The predicted molar refractivity (Wildman–Crippen MR) is 116 cm³/mol. The topological polar surface area (TPSA) is 128 Å². The molecule has 3 aliphatic heterocycles. The molecule has 5 rings (SSSR count). The Morgan fingerprint density at radius 3 is 2.53 bits per heavy atom. The maximum atomic E-state index is 12.9. The second-order valence-corrected chi connectivity index (χ2v) is 10.2. The van der Waals surface area contributed by atoms with Crippen molar-refractivity contribution in [1.82, 2.24) is 10.2 Å². The Morgan fingerprint density at radius 1 is 1.09 bits per heavy atom. The molecule has 2 amide bonds. The maximum absolute atomic E-state index is 12.9. The molecule has 1 N–H and O–H groups in total. The summed E-state index contributed by atoms with van der Waals surface area (Å²) in [5.74, 6) is -2.67. The van der Waals surface area contributed by atoms with Gasteiger partial charge in [0.25, 0.3) is 5.91 Å². The van der Waals surface area contributed by atoms with Crippen LogP contribution in [0.15, 0.2) is 52.3 Å². The molecule has 3 aliphatic rings. The van der Waals surface area contributed by atoms with Crippen molar-refractivity contribution in [3.63, 3.8) is 0 Å². The predicted octanol–water partition coefficient (Wildman–Crippen LogP) is 0.747. The normalized spacial score (nSPS) is 21.2. The fourth-order valence-corrected chi connectivity index (χ4v) is 6.34. The van der Waals surface area contributed by atoms with Crippen molar-refractivity contribution >= 4 is 27.6 Å². The van der Waals surface area contributed by atoms with E-state index in [0.717, 1.165) is 0 Å². The number of carbonyl (C=O) groups excluding carboxylic acids is 3. The molecule has 2 aromatic carbocycles. The second kappa shape index (κ2) is 8.19. The molecule has 0 radical (unpaired) electrons. The number of likely N-dealkylation sites (tertiary alicyclic amines) is 1. The summed E-state index contributed by atoms with van der Waals surface area (Å²) in [6.07, 6.45) is 0.151. The molecule has 0 unspecified atom stereocenters. The van der Waals surface area contributed by atoms with E-state index in [0.29, 0.717) is 24.3 Å². The van der Waals surface area contributed by atoms with Crippen LogP contribution in [0.25, 0.3) is 11.1 Å². The van der Waals surface area contributed by atoms with Gasteiger partial charge in [-0.1, -0.05) is 18.2 Å². The first-order valence-corrected chi connectivity index (χ1v) is 12.2. The molecular weight excluding hydrogens is 464 g/mol. The van der Waals surface area contributed by atoms with Gasteiger partial charge in [-0.3, -0.25) is 9.59 Å². The van der Waals surface area contributed by atoms with Gasteiger partial charge in [-0.05, 0) is 24.3 Å². The molecule has 2 aromatic rings. The lowest BCUT2D eigenvalue weighted by Gasteiger charge is -2.23. The minimum Gasteiger partial charge on any atom is -0.467 e. The first kappa shape index (κ1) is 22.5. The van der Waals surface area contributed by atoms with Gasteiger partial charge in [0.05, 0.1) is 43.2 Å². The Balaban J connectivity index is 1.32. The van der Waals surface area contributed by atoms with E-state index in [1.807, 2.05) is 0 Å². The van der Waals surface area contributed by atoms with Crippen molar-refractivity contribution in [2.45, 2.75) is 28.0 Å². The number of nitrogens with zero attached hydrogens (tertiary/aromatic N) is 1. The van der Waals surface area contributed by atoms with Gasteiger partial charge in [0.2, 0.25) is 15.7 Å². The molecule has 0 saturated carbocycles. The lowest BCUT2D eigenvalue weighted by Crippen LogP contribution is -2.46. The molecule has 11 heteroatoms. The number of rotatable bonds is 4. The smallest absolute Gasteiger partial charge is 0.328 e. The molecule has 178 valence electrons. The zero-order valence-electron chi connectivity index (χ0n) is 18.3. The minimum atomic E-state index is -3.63. The third-order valence-electron chi connectivity index (χ3n) is 6.30. The van der Waals surface area contributed by atoms with Crippen molar-refractivity contribution in [3.05, 3.63) is 48.0 Å². The summed E-state index contributed by atoms with van der Waals surface area (Å²) < 4.78 is 41.5. The molecule has 0 bridgehead atoms. The molecule has 0 aliphatic carbocycles. The first-order chi connectivity index (χ1) is 16.3. The molecule has 1 spiro atoms. The molecule has 10 nitrogen and oxygen atoms in total. The van der Waals surface area contributed by atoms with E-state index in [-0.39, 0.29) is 34.9 Å². The van der Waals surface area contributed by atoms with Crippen molar-refractivity contribution in [2.75, 3.05) is 33.4 Å². The standard InChI is InChI=1S/C23H22N2O8S/c1-31-22(28)17-11-23(32-8-9-33-23)13-25(17)20(26)12-24-21(27)14-6-7-19-16(10-14)15-4-2-3-5-18(15)34(19,29)30/h2-7,10,17H,8-9,11-13H2,1H3,(H,24,27)/t17-/m0/s1. The van der Waals surface area contributed by atoms with Crippen LogP contribution in [0.3, 0.4) is 0 Å². The largest absolute Gasteiger partial charge is 0.467 e. The molecule has 0 aromatic heterocycles. The van der Waals surface area contributed by atoms with Crippen molar-refractivity contribution in [2.24, 2.45) is 0 Å². The monoisotopic (exact) mass is 486 g/mol. The SMILES string of the molecule is COC(=O)[C@@H]1CC2(CN1C(=O)CNC(=O)c1ccc3c(c1)-c1ccccc1S3(=O)=O)OCCO2. The maximum Gasteiger partial charge on any atom is 0.328 e. The molecule has 2 saturated heterocycles. The van der Waals surface area contributed by atoms with Crippen LogP contribution in [0.1, 0.15) is 16.8 Å². The average molecular weight is 487 g/mol. The van der Waals surface area contributed by atoms with Crippen molar-refractivity contribution in [1.29, 1.82) is 0 Å². The Hall–Kier alpha value is -3.28. The van der Waals surface area contributed by atoms with Crippen molar-refractivity contribution in [3.8, 4) is 11.1 Å². The third kappa shape index (κ3) is 3.56. The van der Waals surface area contributed by atoms with Crippen molar-refractivity contribution < 1.29 is 37.0 Å². The van der Waals surface area contributed by atoms with Crippen LogP contribution in [0.2, 0.25) is 0 Å². The highest BCUT2D eigenvalue weighted by molar-refractivity contribution is 7.92. The number of hydrogen-bond acceptors (Lipinski definition) is 8. The number of nitrogens with one attached hydrogen (secondary N) is 1. The van der Waals surface area contributed by atoms with Gasteiger partial charge in [-0.15, -0.1) is 0 Å². The fraction of sp³-hybridized carbons (Fsp3) is 0.348. The van der Waals surface area contributed by atoms with E-state index >= 15 is 0 Å². The highest BCUT2D eigenvalue weighted by Crippen LogP contribution is 2.43. The van der Waals surface area contributed by atoms with Gasteiger partial charge in [0.1, 0.15) is 6.04 Å². The third-order valence-corrected chi connectivity index (χ3v) is 8.17. The lowest BCUT2D eigenvalue weighted by molar-refractivity contribution is -0.152. The highest BCUT2D eigenvalue weighted by Gasteiger charge is 2.53. The summed E-state index contributed by atoms with van der Waals surface area (Å²) in [5, 5.41) is 2.55. The first-order valence-electron chi connectivity index (χ1n) is 10.7. The quantitative estimate of drug-likeness (QED) is 0.535. The Labute approximate surface area is 195 Å². The zero-order chi connectivity index (χ0) is 24.1. The molecule has 2 fully saturated rings. The number of hydrogen-bond donors (Lipinski definition) is 1. The summed E-state index contributed by atoms with van der Waals surface area (Å²) in [4.78, 5) is 39.5. The van der Waals surface area contributed by atoms with Gasteiger partial charge in [0.15, 0.2) is 5.79 Å². The number of fused-ring (bicyclic) bond motifs is 3. The lowest BCUT2D eigenvalue weighted by atomic mass is 10.0. The van der Waals surface area contributed by atoms with E-state index in [9.17, 15) is 22.8 Å². The van der Waals surface area contributed by atoms with Gasteiger partial charge in [0, 0.05) is 23.1 Å². The summed E-state index contributed by atoms with van der Waals surface area (Å²) in [7, 11) is -2.40. The van der Waals surface area contributed by atoms with Crippen LogP contribution in [-0.2, 0) is 33.6 Å². The number of carbonyl (C=O) groups is 3. The fourth-order valence-electron chi connectivity index (χ4n) is 4.67. The van der Waals surface area contributed by atoms with Crippen LogP contribution in [0.4, 0.5) is 0 Å². The summed E-state index contributed by atoms with van der Waals surface area (Å²) in [6.45, 7) is 0.414.